The van der Waals surface area contributed by atoms with Gasteiger partial charge in [0, 0.05) is 30.2 Å². The zero-order valence-electron chi connectivity index (χ0n) is 17.7. The summed E-state index contributed by atoms with van der Waals surface area (Å²) in [5.41, 5.74) is 7.57. The summed E-state index contributed by atoms with van der Waals surface area (Å²) < 4.78 is 46.4. The molecule has 4 rings (SSSR count). The van der Waals surface area contributed by atoms with Crippen molar-refractivity contribution in [2.75, 3.05) is 18.0 Å². The van der Waals surface area contributed by atoms with Crippen LogP contribution in [0.2, 0.25) is 13.6 Å². The number of benzene rings is 1. The van der Waals surface area contributed by atoms with Crippen molar-refractivity contribution in [1.29, 1.82) is 0 Å². The molecule has 0 atom stereocenters. The molecule has 164 valence electrons. The summed E-state index contributed by atoms with van der Waals surface area (Å²) in [6, 6.07) is 3.68. The number of hydrogen-bond donors (Lipinski definition) is 1. The van der Waals surface area contributed by atoms with E-state index in [1.807, 2.05) is 31.5 Å². The van der Waals surface area contributed by atoms with Crippen LogP contribution in [-0.4, -0.2) is 39.3 Å². The maximum atomic E-state index is 13.5. The van der Waals surface area contributed by atoms with Gasteiger partial charge < -0.3 is 10.6 Å². The summed E-state index contributed by atoms with van der Waals surface area (Å²) in [6.45, 7) is 7.36. The molecule has 3 aromatic rings. The van der Waals surface area contributed by atoms with E-state index in [4.69, 9.17) is 10.7 Å². The number of piperidine rings is 1. The molecule has 31 heavy (non-hydrogen) atoms. The van der Waals surface area contributed by atoms with Crippen LogP contribution in [0.15, 0.2) is 22.7 Å². The average molecular weight is 448 g/mol. The number of aryl methyl sites for hydroxylation is 1. The maximum Gasteiger partial charge on any atom is 0.434 e. The molecule has 0 aliphatic carbocycles. The number of alkyl halides is 3. The van der Waals surface area contributed by atoms with Crippen molar-refractivity contribution < 1.29 is 13.2 Å². The van der Waals surface area contributed by atoms with Crippen LogP contribution in [0.5, 0.6) is 0 Å². The van der Waals surface area contributed by atoms with Gasteiger partial charge in [-0.1, -0.05) is 25.4 Å². The highest BCUT2D eigenvalue weighted by atomic mass is 32.2. The van der Waals surface area contributed by atoms with Gasteiger partial charge in [-0.25, -0.2) is 14.4 Å². The predicted octanol–water partition coefficient (Wildman–Crippen LogP) is 4.80. The maximum absolute atomic E-state index is 13.5. The van der Waals surface area contributed by atoms with Gasteiger partial charge in [0.05, 0.1) is 5.52 Å². The highest BCUT2D eigenvalue weighted by molar-refractivity contribution is 8.24. The minimum Gasteiger partial charge on any atom is -0.383 e. The SMILES string of the molecule is CB(C)S/N=C(/N)c1cc(C)cc2c1nc(N1CCCCC1)n1cc(C(F)(F)F)nc21. The van der Waals surface area contributed by atoms with Crippen LogP contribution in [0.1, 0.15) is 36.1 Å². The number of nitrogens with zero attached hydrogens (tertiary/aromatic N) is 5. The summed E-state index contributed by atoms with van der Waals surface area (Å²) >= 11 is 1.35. The van der Waals surface area contributed by atoms with Crippen molar-refractivity contribution in [2.24, 2.45) is 10.1 Å². The first-order valence-electron chi connectivity index (χ1n) is 10.3. The van der Waals surface area contributed by atoms with Crippen molar-refractivity contribution in [3.8, 4) is 0 Å². The number of amidine groups is 1. The number of hydrogen-bond acceptors (Lipinski definition) is 5. The van der Waals surface area contributed by atoms with E-state index in [0.29, 0.717) is 28.3 Å². The van der Waals surface area contributed by atoms with Gasteiger partial charge in [0.15, 0.2) is 5.69 Å². The van der Waals surface area contributed by atoms with Gasteiger partial charge in [0.1, 0.15) is 11.5 Å². The number of halogens is 3. The number of nitrogens with two attached hydrogens (primary N) is 1. The lowest BCUT2D eigenvalue weighted by Crippen LogP contribution is -2.32. The Hall–Kier alpha value is -2.43. The van der Waals surface area contributed by atoms with E-state index < -0.39 is 11.9 Å². The molecule has 1 aliphatic rings. The minimum absolute atomic E-state index is 0.229. The van der Waals surface area contributed by atoms with E-state index >= 15 is 0 Å². The first-order valence-corrected chi connectivity index (χ1v) is 11.1. The monoisotopic (exact) mass is 448 g/mol. The zero-order chi connectivity index (χ0) is 22.3. The van der Waals surface area contributed by atoms with Crippen molar-refractivity contribution in [3.63, 3.8) is 0 Å². The Balaban J connectivity index is 2.02. The molecular weight excluding hydrogens is 424 g/mol. The fourth-order valence-electron chi connectivity index (χ4n) is 3.81. The van der Waals surface area contributed by atoms with Gasteiger partial charge in [-0.05, 0) is 43.9 Å². The molecule has 1 saturated heterocycles. The number of imidazole rings is 1. The second-order valence-corrected chi connectivity index (χ2v) is 9.45. The van der Waals surface area contributed by atoms with E-state index in [1.165, 1.54) is 16.2 Å². The molecule has 6 nitrogen and oxygen atoms in total. The van der Waals surface area contributed by atoms with Crippen LogP contribution in [0.4, 0.5) is 19.1 Å². The molecule has 0 spiro atoms. The van der Waals surface area contributed by atoms with Crippen molar-refractivity contribution in [1.82, 2.24) is 14.4 Å². The van der Waals surface area contributed by atoms with E-state index in [-0.39, 0.29) is 11.6 Å². The zero-order valence-corrected chi connectivity index (χ0v) is 18.5. The quantitative estimate of drug-likeness (QED) is 0.269. The molecule has 3 heterocycles. The Kier molecular flexibility index (Phi) is 5.80. The number of anilines is 1. The first-order chi connectivity index (χ1) is 14.6. The summed E-state index contributed by atoms with van der Waals surface area (Å²) in [6.07, 6.45) is -0.464. The number of fused-ring (bicyclic) bond motifs is 3. The van der Waals surface area contributed by atoms with Crippen LogP contribution in [0.3, 0.4) is 0 Å². The third kappa shape index (κ3) is 4.33. The Morgan fingerprint density at radius 1 is 1.16 bits per heavy atom. The van der Waals surface area contributed by atoms with Gasteiger partial charge in [-0.3, -0.25) is 4.40 Å². The Labute approximate surface area is 183 Å². The van der Waals surface area contributed by atoms with E-state index in [9.17, 15) is 13.2 Å². The molecule has 0 bridgehead atoms. The van der Waals surface area contributed by atoms with Crippen LogP contribution in [-0.2, 0) is 6.18 Å². The largest absolute Gasteiger partial charge is 0.434 e. The fourth-order valence-corrected chi connectivity index (χ4v) is 4.23. The first kappa shape index (κ1) is 21.8. The van der Waals surface area contributed by atoms with E-state index in [0.717, 1.165) is 44.1 Å². The summed E-state index contributed by atoms with van der Waals surface area (Å²) in [4.78, 5) is 10.8. The minimum atomic E-state index is -4.54. The molecule has 0 unspecified atom stereocenters. The van der Waals surface area contributed by atoms with Crippen molar-refractivity contribution in [2.45, 2.75) is 46.0 Å². The molecule has 1 aromatic carbocycles. The molecule has 2 aromatic heterocycles. The molecule has 11 heteroatoms. The molecule has 1 fully saturated rings. The summed E-state index contributed by atoms with van der Waals surface area (Å²) in [5.74, 6) is 1.01. The van der Waals surface area contributed by atoms with Crippen LogP contribution >= 0.6 is 11.8 Å². The lowest BCUT2D eigenvalue weighted by atomic mass is 9.84. The molecule has 2 N–H and O–H groups in total. The molecular formula is C20H24BF3N6S. The van der Waals surface area contributed by atoms with Crippen LogP contribution in [0, 0.1) is 6.92 Å². The van der Waals surface area contributed by atoms with Crippen molar-refractivity contribution >= 4 is 46.1 Å². The summed E-state index contributed by atoms with van der Waals surface area (Å²) in [7, 11) is 0. The highest BCUT2D eigenvalue weighted by Gasteiger charge is 2.35. The number of aromatic nitrogens is 3. The third-order valence-electron chi connectivity index (χ3n) is 5.20. The van der Waals surface area contributed by atoms with Gasteiger partial charge >= 0.3 is 6.18 Å². The summed E-state index contributed by atoms with van der Waals surface area (Å²) in [5, 5.41) is 0.527. The Morgan fingerprint density at radius 3 is 2.52 bits per heavy atom. The second-order valence-electron chi connectivity index (χ2n) is 8.12. The molecule has 1 aliphatic heterocycles. The van der Waals surface area contributed by atoms with Gasteiger partial charge in [-0.2, -0.15) is 13.2 Å². The fraction of sp³-hybridized carbons (Fsp3) is 0.450. The lowest BCUT2D eigenvalue weighted by molar-refractivity contribution is -0.140. The molecule has 0 amide bonds. The average Bonchev–Trinajstić information content (AvgIpc) is 3.18. The molecule has 0 saturated carbocycles. The number of rotatable bonds is 4. The topological polar surface area (TPSA) is 71.8 Å². The standard InChI is InChI=1S/C20H24BF3N6S/c1-12-9-13(17(25)28-31-21(2)3)16-14(10-12)18-26-15(20(22,23)24)11-30(18)19(27-16)29-7-5-4-6-8-29/h9-11H,4-8H2,1-3H3,(H2,25,28). The van der Waals surface area contributed by atoms with Crippen LogP contribution < -0.4 is 10.6 Å². The second kappa shape index (κ2) is 8.25. The van der Waals surface area contributed by atoms with Crippen molar-refractivity contribution in [3.05, 3.63) is 35.2 Å². The smallest absolute Gasteiger partial charge is 0.383 e. The van der Waals surface area contributed by atoms with Gasteiger partial charge in [-0.15, -0.1) is 0 Å². The Bertz CT molecular complexity index is 1150. The molecule has 0 radical (unpaired) electrons. The van der Waals surface area contributed by atoms with Crippen LogP contribution in [0.25, 0.3) is 16.6 Å². The third-order valence-corrected chi connectivity index (χ3v) is 5.92. The lowest BCUT2D eigenvalue weighted by Gasteiger charge is -2.28. The highest BCUT2D eigenvalue weighted by Crippen LogP contribution is 2.34. The van der Waals surface area contributed by atoms with E-state index in [2.05, 4.69) is 9.38 Å². The van der Waals surface area contributed by atoms with Gasteiger partial charge in [0.25, 0.3) is 0 Å². The Morgan fingerprint density at radius 2 is 1.87 bits per heavy atom. The van der Waals surface area contributed by atoms with E-state index in [1.54, 1.807) is 6.07 Å². The predicted molar refractivity (Wildman–Crippen MR) is 122 cm³/mol. The van der Waals surface area contributed by atoms with Gasteiger partial charge in [0.2, 0.25) is 11.9 Å². The normalized spacial score (nSPS) is 15.8.